The average molecular weight is 428 g/mol. The molecule has 0 bridgehead atoms. The zero-order chi connectivity index (χ0) is 22.7. The van der Waals surface area contributed by atoms with Crippen LogP contribution in [-0.4, -0.2) is 13.2 Å². The number of hydrogen-bond acceptors (Lipinski definition) is 4. The molecule has 0 amide bonds. The minimum absolute atomic E-state index is 0.0142. The normalized spacial score (nSPS) is 12.7. The number of ether oxygens (including phenoxy) is 2. The van der Waals surface area contributed by atoms with E-state index >= 15 is 0 Å². The van der Waals surface area contributed by atoms with Gasteiger partial charge in [-0.15, -0.1) is 0 Å². The third-order valence-electron chi connectivity index (χ3n) is 6.13. The van der Waals surface area contributed by atoms with E-state index in [4.69, 9.17) is 20.0 Å². The highest BCUT2D eigenvalue weighted by molar-refractivity contribution is 5.86. The van der Waals surface area contributed by atoms with Crippen molar-refractivity contribution in [3.8, 4) is 34.8 Å². The van der Waals surface area contributed by atoms with Crippen molar-refractivity contribution in [1.29, 1.82) is 10.5 Å². The first-order valence-electron chi connectivity index (χ1n) is 10.7. The highest BCUT2D eigenvalue weighted by Crippen LogP contribution is 2.56. The second kappa shape index (κ2) is 8.54. The summed E-state index contributed by atoms with van der Waals surface area (Å²) in [7, 11) is 0. The maximum absolute atomic E-state index is 8.84. The van der Waals surface area contributed by atoms with Gasteiger partial charge in [-0.25, -0.2) is 0 Å². The van der Waals surface area contributed by atoms with Crippen LogP contribution in [-0.2, 0) is 5.41 Å². The van der Waals surface area contributed by atoms with E-state index in [2.05, 4.69) is 72.8 Å². The molecule has 0 spiro atoms. The number of benzene rings is 4. The molecule has 4 heteroatoms. The van der Waals surface area contributed by atoms with Gasteiger partial charge in [-0.1, -0.05) is 72.8 Å². The molecule has 0 atom stereocenters. The van der Waals surface area contributed by atoms with Crippen LogP contribution in [0, 0.1) is 22.7 Å². The highest BCUT2D eigenvalue weighted by atomic mass is 16.5. The number of fused-ring (bicyclic) bond motifs is 3. The molecule has 4 nitrogen and oxygen atoms in total. The van der Waals surface area contributed by atoms with E-state index in [1.165, 1.54) is 22.3 Å². The fraction of sp³-hybridized carbons (Fsp3) is 0.103. The van der Waals surface area contributed by atoms with E-state index in [1.54, 1.807) is 0 Å². The van der Waals surface area contributed by atoms with Gasteiger partial charge < -0.3 is 9.47 Å². The van der Waals surface area contributed by atoms with Crippen LogP contribution < -0.4 is 9.47 Å². The molecule has 158 valence electrons. The zero-order valence-corrected chi connectivity index (χ0v) is 17.9. The summed E-state index contributed by atoms with van der Waals surface area (Å²) in [6.07, 6.45) is 0. The summed E-state index contributed by atoms with van der Waals surface area (Å²) < 4.78 is 11.0. The van der Waals surface area contributed by atoms with Gasteiger partial charge in [0.25, 0.3) is 0 Å². The second-order valence-electron chi connectivity index (χ2n) is 7.78. The van der Waals surface area contributed by atoms with E-state index in [-0.39, 0.29) is 13.2 Å². The Morgan fingerprint density at radius 1 is 0.545 bits per heavy atom. The van der Waals surface area contributed by atoms with E-state index in [9.17, 15) is 0 Å². The lowest BCUT2D eigenvalue weighted by atomic mass is 9.68. The zero-order valence-electron chi connectivity index (χ0n) is 17.9. The Morgan fingerprint density at radius 3 is 1.33 bits per heavy atom. The minimum atomic E-state index is -0.519. The lowest BCUT2D eigenvalue weighted by molar-refractivity contribution is 0.368. The lowest BCUT2D eigenvalue weighted by Crippen LogP contribution is -2.28. The number of nitriles is 2. The third kappa shape index (κ3) is 3.30. The molecule has 0 N–H and O–H groups in total. The molecule has 0 saturated heterocycles. The first kappa shape index (κ1) is 20.4. The largest absolute Gasteiger partial charge is 0.479 e. The van der Waals surface area contributed by atoms with Crippen molar-refractivity contribution in [2.45, 2.75) is 5.41 Å². The Labute approximate surface area is 192 Å². The van der Waals surface area contributed by atoms with Gasteiger partial charge in [0.1, 0.15) is 23.6 Å². The van der Waals surface area contributed by atoms with Gasteiger partial charge in [0, 0.05) is 0 Å². The van der Waals surface area contributed by atoms with Gasteiger partial charge in [-0.3, -0.25) is 0 Å². The number of hydrogen-bond donors (Lipinski definition) is 0. The van der Waals surface area contributed by atoms with Crippen LogP contribution in [0.15, 0.2) is 97.1 Å². The number of rotatable bonds is 6. The molecule has 0 radical (unpaired) electrons. The van der Waals surface area contributed by atoms with Crippen LogP contribution in [0.3, 0.4) is 0 Å². The fourth-order valence-corrected chi connectivity index (χ4v) is 4.86. The van der Waals surface area contributed by atoms with Gasteiger partial charge in [-0.2, -0.15) is 10.5 Å². The van der Waals surface area contributed by atoms with Crippen LogP contribution in [0.5, 0.6) is 11.5 Å². The minimum Gasteiger partial charge on any atom is -0.479 e. The van der Waals surface area contributed by atoms with Gasteiger partial charge >= 0.3 is 0 Å². The molecule has 0 unspecified atom stereocenters. The molecule has 1 aliphatic carbocycles. The SMILES string of the molecule is N#CCOc1ccc(C2(c3ccc(OCC#N)cc3)c3ccccc3-c3ccccc32)cc1. The molecule has 0 aromatic heterocycles. The predicted octanol–water partition coefficient (Wildman–Crippen LogP) is 5.85. The lowest BCUT2D eigenvalue weighted by Gasteiger charge is -2.34. The Morgan fingerprint density at radius 2 is 0.939 bits per heavy atom. The summed E-state index contributed by atoms with van der Waals surface area (Å²) >= 11 is 0. The summed E-state index contributed by atoms with van der Waals surface area (Å²) in [5.74, 6) is 1.32. The van der Waals surface area contributed by atoms with Crippen molar-refractivity contribution in [2.24, 2.45) is 0 Å². The summed E-state index contributed by atoms with van der Waals surface area (Å²) in [6.45, 7) is 0.0284. The van der Waals surface area contributed by atoms with Crippen molar-refractivity contribution in [3.63, 3.8) is 0 Å². The predicted molar refractivity (Wildman–Crippen MR) is 126 cm³/mol. The Bertz CT molecular complexity index is 1270. The first-order chi connectivity index (χ1) is 16.3. The first-order valence-corrected chi connectivity index (χ1v) is 10.7. The molecule has 4 aromatic carbocycles. The second-order valence-corrected chi connectivity index (χ2v) is 7.78. The standard InChI is InChI=1S/C29H20N2O2/c30-17-19-32-23-13-9-21(10-14-23)29(22-11-15-24(16-12-22)33-20-18-31)27-7-3-1-5-25(27)26-6-2-4-8-28(26)29/h1-16H,19-20H2. The Balaban J connectivity index is 1.74. The van der Waals surface area contributed by atoms with E-state index < -0.39 is 5.41 Å². The quantitative estimate of drug-likeness (QED) is 0.340. The van der Waals surface area contributed by atoms with Crippen molar-refractivity contribution in [1.82, 2.24) is 0 Å². The van der Waals surface area contributed by atoms with Crippen LogP contribution >= 0.6 is 0 Å². The van der Waals surface area contributed by atoms with Crippen molar-refractivity contribution in [3.05, 3.63) is 119 Å². The summed E-state index contributed by atoms with van der Waals surface area (Å²) in [5, 5.41) is 17.7. The van der Waals surface area contributed by atoms with Gasteiger partial charge in [0.05, 0.1) is 5.41 Å². The smallest absolute Gasteiger partial charge is 0.174 e. The van der Waals surface area contributed by atoms with Crippen molar-refractivity contribution in [2.75, 3.05) is 13.2 Å². The van der Waals surface area contributed by atoms with Crippen LogP contribution in [0.25, 0.3) is 11.1 Å². The third-order valence-corrected chi connectivity index (χ3v) is 6.13. The van der Waals surface area contributed by atoms with Gasteiger partial charge in [0.15, 0.2) is 13.2 Å². The Hall–Kier alpha value is -4.54. The van der Waals surface area contributed by atoms with E-state index in [1.807, 2.05) is 36.4 Å². The molecule has 0 saturated carbocycles. The highest BCUT2D eigenvalue weighted by Gasteiger charge is 2.45. The molecular weight excluding hydrogens is 408 g/mol. The van der Waals surface area contributed by atoms with Crippen LogP contribution in [0.4, 0.5) is 0 Å². The van der Waals surface area contributed by atoms with Crippen molar-refractivity contribution >= 4 is 0 Å². The van der Waals surface area contributed by atoms with E-state index in [0.717, 1.165) is 11.1 Å². The summed E-state index contributed by atoms with van der Waals surface area (Å²) in [6, 6.07) is 37.0. The summed E-state index contributed by atoms with van der Waals surface area (Å²) in [4.78, 5) is 0. The molecular formula is C29H20N2O2. The maximum Gasteiger partial charge on any atom is 0.174 e. The van der Waals surface area contributed by atoms with Gasteiger partial charge in [-0.05, 0) is 57.6 Å². The molecule has 4 aromatic rings. The molecule has 1 aliphatic rings. The molecule has 0 heterocycles. The molecule has 0 fully saturated rings. The monoisotopic (exact) mass is 428 g/mol. The summed E-state index contributed by atoms with van der Waals surface area (Å²) in [5.41, 5.74) is 6.54. The van der Waals surface area contributed by atoms with Crippen LogP contribution in [0.1, 0.15) is 22.3 Å². The molecule has 0 aliphatic heterocycles. The topological polar surface area (TPSA) is 66.0 Å². The fourth-order valence-electron chi connectivity index (χ4n) is 4.86. The maximum atomic E-state index is 8.84. The number of nitrogens with zero attached hydrogens (tertiary/aromatic N) is 2. The Kier molecular flexibility index (Phi) is 5.27. The average Bonchev–Trinajstić information content (AvgIpc) is 3.18. The van der Waals surface area contributed by atoms with Crippen molar-refractivity contribution < 1.29 is 9.47 Å². The molecule has 5 rings (SSSR count). The molecule has 33 heavy (non-hydrogen) atoms. The van der Waals surface area contributed by atoms with Gasteiger partial charge in [0.2, 0.25) is 0 Å². The van der Waals surface area contributed by atoms with E-state index in [0.29, 0.717) is 11.5 Å². The van der Waals surface area contributed by atoms with Crippen LogP contribution in [0.2, 0.25) is 0 Å².